The van der Waals surface area contributed by atoms with E-state index in [0.29, 0.717) is 12.4 Å². The van der Waals surface area contributed by atoms with E-state index in [1.54, 1.807) is 24.3 Å². The molecule has 2 aromatic heterocycles. The van der Waals surface area contributed by atoms with Crippen molar-refractivity contribution in [3.63, 3.8) is 0 Å². The Morgan fingerprint density at radius 1 is 1.26 bits per heavy atom. The molecule has 0 unspecified atom stereocenters. The third-order valence-electron chi connectivity index (χ3n) is 2.29. The Labute approximate surface area is 110 Å². The summed E-state index contributed by atoms with van der Waals surface area (Å²) in [5.41, 5.74) is 0.421. The fourth-order valence-corrected chi connectivity index (χ4v) is 1.41. The van der Waals surface area contributed by atoms with Crippen molar-refractivity contribution in [2.24, 2.45) is 0 Å². The smallest absolute Gasteiger partial charge is 0.235 e. The lowest BCUT2D eigenvalue weighted by molar-refractivity contribution is 0.0217. The van der Waals surface area contributed by atoms with Crippen molar-refractivity contribution in [2.45, 2.75) is 6.92 Å². The highest BCUT2D eigenvalue weighted by atomic mass is 16.7. The number of hydrogen-bond donors (Lipinski definition) is 0. The molecule has 2 aromatic rings. The van der Waals surface area contributed by atoms with Gasteiger partial charge in [-0.25, -0.2) is 4.98 Å². The Balaban J connectivity index is 2.22. The van der Waals surface area contributed by atoms with Gasteiger partial charge >= 0.3 is 0 Å². The summed E-state index contributed by atoms with van der Waals surface area (Å²) in [6.07, 6.45) is 3.03. The lowest BCUT2D eigenvalue weighted by Crippen LogP contribution is -2.11. The normalized spacial score (nSPS) is 10.2. The zero-order chi connectivity index (χ0) is 13.5. The number of carbonyl (C=O) groups is 1. The quantitative estimate of drug-likeness (QED) is 0.444. The Morgan fingerprint density at radius 2 is 2.11 bits per heavy atom. The molecule has 0 amide bonds. The van der Waals surface area contributed by atoms with Gasteiger partial charge in [-0.3, -0.25) is 4.79 Å². The Bertz CT molecular complexity index is 546. The van der Waals surface area contributed by atoms with E-state index in [2.05, 4.69) is 15.2 Å². The third kappa shape index (κ3) is 3.32. The lowest BCUT2D eigenvalue weighted by Gasteiger charge is -2.08. The van der Waals surface area contributed by atoms with Crippen LogP contribution in [0.15, 0.2) is 36.7 Å². The molecule has 19 heavy (non-hydrogen) atoms. The molecule has 6 nitrogen and oxygen atoms in total. The molecule has 0 fully saturated rings. The van der Waals surface area contributed by atoms with Crippen molar-refractivity contribution < 1.29 is 14.3 Å². The van der Waals surface area contributed by atoms with Crippen LogP contribution in [0.5, 0.6) is 5.75 Å². The van der Waals surface area contributed by atoms with Gasteiger partial charge in [-0.05, 0) is 31.2 Å². The first-order valence-corrected chi connectivity index (χ1v) is 5.81. The molecule has 98 valence electrons. The molecule has 0 radical (unpaired) electrons. The van der Waals surface area contributed by atoms with Gasteiger partial charge in [0.1, 0.15) is 5.69 Å². The molecule has 0 N–H and O–H groups in total. The fourth-order valence-electron chi connectivity index (χ4n) is 1.41. The van der Waals surface area contributed by atoms with Crippen LogP contribution >= 0.6 is 0 Å². The van der Waals surface area contributed by atoms with Crippen molar-refractivity contribution in [3.8, 4) is 5.75 Å². The summed E-state index contributed by atoms with van der Waals surface area (Å²) < 4.78 is 10.5. The standard InChI is InChI=1S/C13H13N3O3/c1-2-18-9-19-11-6-4-7-14-12(11)13(17)10-5-3-8-15-16-10/h3-8H,2,9H2,1H3. The Morgan fingerprint density at radius 3 is 2.84 bits per heavy atom. The predicted octanol–water partition coefficient (Wildman–Crippen LogP) is 1.48. The van der Waals surface area contributed by atoms with Crippen LogP contribution in [0.1, 0.15) is 23.1 Å². The molecule has 0 saturated heterocycles. The number of aromatic nitrogens is 3. The first-order chi connectivity index (χ1) is 9.33. The van der Waals surface area contributed by atoms with Crippen molar-refractivity contribution >= 4 is 5.78 Å². The molecular weight excluding hydrogens is 246 g/mol. The van der Waals surface area contributed by atoms with Gasteiger partial charge in [0.05, 0.1) is 0 Å². The highest BCUT2D eigenvalue weighted by Gasteiger charge is 2.17. The summed E-state index contributed by atoms with van der Waals surface area (Å²) in [4.78, 5) is 16.2. The molecule has 2 heterocycles. The average molecular weight is 259 g/mol. The van der Waals surface area contributed by atoms with Gasteiger partial charge < -0.3 is 9.47 Å². The number of hydrogen-bond acceptors (Lipinski definition) is 6. The molecule has 0 aliphatic carbocycles. The van der Waals surface area contributed by atoms with Gasteiger partial charge in [-0.15, -0.1) is 5.10 Å². The summed E-state index contributed by atoms with van der Waals surface area (Å²) in [5.74, 6) is 0.0341. The van der Waals surface area contributed by atoms with E-state index in [1.165, 1.54) is 12.4 Å². The van der Waals surface area contributed by atoms with Gasteiger partial charge in [-0.2, -0.15) is 5.10 Å². The number of rotatable bonds is 6. The summed E-state index contributed by atoms with van der Waals surface area (Å²) in [5, 5.41) is 7.44. The predicted molar refractivity (Wildman–Crippen MR) is 66.8 cm³/mol. The number of carbonyl (C=O) groups excluding carboxylic acids is 1. The van der Waals surface area contributed by atoms with E-state index < -0.39 is 0 Å². The maximum atomic E-state index is 12.2. The molecule has 6 heteroatoms. The van der Waals surface area contributed by atoms with Crippen LogP contribution in [0.2, 0.25) is 0 Å². The number of pyridine rings is 1. The van der Waals surface area contributed by atoms with Crippen LogP contribution in [0.25, 0.3) is 0 Å². The molecule has 0 aromatic carbocycles. The summed E-state index contributed by atoms with van der Waals surface area (Å²) in [6, 6.07) is 6.57. The monoisotopic (exact) mass is 259 g/mol. The van der Waals surface area contributed by atoms with Crippen LogP contribution in [0.4, 0.5) is 0 Å². The largest absolute Gasteiger partial charge is 0.465 e. The molecule has 0 bridgehead atoms. The van der Waals surface area contributed by atoms with Crippen LogP contribution in [0.3, 0.4) is 0 Å². The van der Waals surface area contributed by atoms with Gasteiger partial charge in [0.2, 0.25) is 5.78 Å². The SMILES string of the molecule is CCOCOc1cccnc1C(=O)c1cccnn1. The highest BCUT2D eigenvalue weighted by Crippen LogP contribution is 2.18. The molecule has 0 atom stereocenters. The van der Waals surface area contributed by atoms with E-state index in [0.717, 1.165) is 0 Å². The van der Waals surface area contributed by atoms with Gasteiger partial charge in [-0.1, -0.05) is 0 Å². The fraction of sp³-hybridized carbons (Fsp3) is 0.231. The summed E-state index contributed by atoms with van der Waals surface area (Å²) in [6.45, 7) is 2.47. The Hall–Kier alpha value is -2.34. The van der Waals surface area contributed by atoms with Crippen LogP contribution < -0.4 is 4.74 Å². The van der Waals surface area contributed by atoms with E-state index >= 15 is 0 Å². The first kappa shape index (κ1) is 13.1. The van der Waals surface area contributed by atoms with E-state index in [-0.39, 0.29) is 24.0 Å². The van der Waals surface area contributed by atoms with E-state index in [4.69, 9.17) is 9.47 Å². The average Bonchev–Trinajstić information content (AvgIpc) is 2.48. The van der Waals surface area contributed by atoms with Gasteiger partial charge in [0, 0.05) is 19.0 Å². The zero-order valence-electron chi connectivity index (χ0n) is 10.4. The van der Waals surface area contributed by atoms with Crippen LogP contribution in [-0.2, 0) is 4.74 Å². The molecule has 2 rings (SSSR count). The molecule has 0 spiro atoms. The second-order valence-corrected chi connectivity index (χ2v) is 3.54. The maximum Gasteiger partial charge on any atom is 0.235 e. The minimum Gasteiger partial charge on any atom is -0.465 e. The molecule has 0 saturated carbocycles. The summed E-state index contributed by atoms with van der Waals surface area (Å²) >= 11 is 0. The van der Waals surface area contributed by atoms with Gasteiger partial charge in [0.25, 0.3) is 0 Å². The lowest BCUT2D eigenvalue weighted by atomic mass is 10.2. The molecule has 0 aliphatic rings. The topological polar surface area (TPSA) is 74.2 Å². The van der Waals surface area contributed by atoms with Crippen LogP contribution in [0, 0.1) is 0 Å². The number of ether oxygens (including phenoxy) is 2. The Kier molecular flexibility index (Phi) is 4.52. The maximum absolute atomic E-state index is 12.2. The van der Waals surface area contributed by atoms with Crippen molar-refractivity contribution in [3.05, 3.63) is 48.0 Å². The zero-order valence-corrected chi connectivity index (χ0v) is 10.4. The summed E-state index contributed by atoms with van der Waals surface area (Å²) in [7, 11) is 0. The van der Waals surface area contributed by atoms with Gasteiger partial charge in [0.15, 0.2) is 18.2 Å². The van der Waals surface area contributed by atoms with Crippen molar-refractivity contribution in [1.29, 1.82) is 0 Å². The molecule has 0 aliphatic heterocycles. The molecular formula is C13H13N3O3. The van der Waals surface area contributed by atoms with E-state index in [9.17, 15) is 4.79 Å². The van der Waals surface area contributed by atoms with E-state index in [1.807, 2.05) is 6.92 Å². The second-order valence-electron chi connectivity index (χ2n) is 3.54. The minimum absolute atomic E-state index is 0.0724. The first-order valence-electron chi connectivity index (χ1n) is 5.81. The van der Waals surface area contributed by atoms with Crippen molar-refractivity contribution in [1.82, 2.24) is 15.2 Å². The third-order valence-corrected chi connectivity index (χ3v) is 2.29. The highest BCUT2D eigenvalue weighted by molar-refractivity contribution is 6.07. The number of ketones is 1. The van der Waals surface area contributed by atoms with Crippen molar-refractivity contribution in [2.75, 3.05) is 13.4 Å². The minimum atomic E-state index is -0.333. The second kappa shape index (κ2) is 6.55. The number of nitrogens with zero attached hydrogens (tertiary/aromatic N) is 3. The van der Waals surface area contributed by atoms with Crippen LogP contribution in [-0.4, -0.2) is 34.4 Å².